The Balaban J connectivity index is 1.71. The zero-order valence-electron chi connectivity index (χ0n) is 13.1. The van der Waals surface area contributed by atoms with E-state index in [4.69, 9.17) is 4.74 Å². The van der Waals surface area contributed by atoms with Gasteiger partial charge in [-0.05, 0) is 38.3 Å². The second-order valence-corrected chi connectivity index (χ2v) is 8.19. The monoisotopic (exact) mass is 336 g/mol. The summed E-state index contributed by atoms with van der Waals surface area (Å²) in [4.78, 5) is 0.278. The number of nitriles is 1. The van der Waals surface area contributed by atoms with E-state index in [1.165, 1.54) is 0 Å². The molecule has 1 aromatic carbocycles. The molecular weight excluding hydrogens is 314 g/mol. The highest BCUT2D eigenvalue weighted by Gasteiger charge is 2.48. The number of hydrogen-bond acceptors (Lipinski definition) is 4. The van der Waals surface area contributed by atoms with Gasteiger partial charge in [0.25, 0.3) is 0 Å². The van der Waals surface area contributed by atoms with Gasteiger partial charge in [-0.3, -0.25) is 0 Å². The topological polar surface area (TPSA) is 107 Å². The van der Waals surface area contributed by atoms with Crippen molar-refractivity contribution in [3.8, 4) is 6.07 Å². The molecule has 6 nitrogen and oxygen atoms in total. The third-order valence-electron chi connectivity index (χ3n) is 4.85. The lowest BCUT2D eigenvalue weighted by atomic mass is 9.78. The van der Waals surface area contributed by atoms with Gasteiger partial charge in [-0.15, -0.1) is 0 Å². The lowest BCUT2D eigenvalue weighted by Gasteiger charge is -2.31. The molecule has 0 unspecified atom stereocenters. The summed E-state index contributed by atoms with van der Waals surface area (Å²) in [5, 5.41) is 9.29. The highest BCUT2D eigenvalue weighted by Crippen LogP contribution is 2.39. The first-order chi connectivity index (χ1) is 10.9. The fourth-order valence-electron chi connectivity index (χ4n) is 3.60. The Morgan fingerprint density at radius 2 is 2.00 bits per heavy atom. The summed E-state index contributed by atoms with van der Waals surface area (Å²) in [6.45, 7) is 1.92. The van der Waals surface area contributed by atoms with Crippen LogP contribution in [0.4, 0.5) is 0 Å². The molecule has 0 spiro atoms. The lowest BCUT2D eigenvalue weighted by molar-refractivity contribution is -0.491. The highest BCUT2D eigenvalue weighted by molar-refractivity contribution is 7.89. The summed E-state index contributed by atoms with van der Waals surface area (Å²) < 4.78 is 33.5. The Morgan fingerprint density at radius 3 is 2.65 bits per heavy atom. The van der Waals surface area contributed by atoms with Crippen molar-refractivity contribution in [2.24, 2.45) is 11.8 Å². The normalized spacial score (nSPS) is 33.9. The van der Waals surface area contributed by atoms with Crippen molar-refractivity contribution < 1.29 is 18.9 Å². The van der Waals surface area contributed by atoms with E-state index in [0.29, 0.717) is 6.42 Å². The molecule has 1 heterocycles. The van der Waals surface area contributed by atoms with Gasteiger partial charge in [0, 0.05) is 12.0 Å². The Morgan fingerprint density at radius 1 is 1.30 bits per heavy atom. The second kappa shape index (κ2) is 6.21. The predicted molar refractivity (Wildman–Crippen MR) is 83.3 cm³/mol. The molecule has 1 saturated carbocycles. The van der Waals surface area contributed by atoms with Crippen molar-refractivity contribution in [1.29, 1.82) is 5.26 Å². The van der Waals surface area contributed by atoms with Crippen molar-refractivity contribution >= 4 is 10.0 Å². The number of nitrogens with zero attached hydrogens (tertiary/aromatic N) is 1. The quantitative estimate of drug-likeness (QED) is 0.840. The van der Waals surface area contributed by atoms with Crippen LogP contribution in [0.25, 0.3) is 0 Å². The first-order valence-electron chi connectivity index (χ1n) is 7.88. The van der Waals surface area contributed by atoms with Crippen LogP contribution in [0.2, 0.25) is 0 Å². The van der Waals surface area contributed by atoms with Crippen LogP contribution in [0, 0.1) is 30.1 Å². The molecule has 3 rings (SSSR count). The van der Waals surface area contributed by atoms with Crippen LogP contribution in [0.3, 0.4) is 0 Å². The van der Waals surface area contributed by atoms with E-state index in [1.807, 2.05) is 6.92 Å². The Kier molecular flexibility index (Phi) is 4.43. The third kappa shape index (κ3) is 3.26. The van der Waals surface area contributed by atoms with E-state index in [-0.39, 0.29) is 35.1 Å². The number of aryl methyl sites for hydroxylation is 1. The molecule has 2 aliphatic rings. The summed E-state index contributed by atoms with van der Waals surface area (Å²) in [6.07, 6.45) is 1.82. The van der Waals surface area contributed by atoms with Crippen molar-refractivity contribution in [3.63, 3.8) is 0 Å². The molecule has 23 heavy (non-hydrogen) atoms. The Hall–Kier alpha value is -1.46. The Labute approximate surface area is 136 Å². The van der Waals surface area contributed by atoms with E-state index in [2.05, 4.69) is 16.5 Å². The largest absolute Gasteiger partial charge is 0.331 e. The van der Waals surface area contributed by atoms with Crippen LogP contribution in [-0.2, 0) is 14.8 Å². The smallest absolute Gasteiger partial charge is 0.240 e. The lowest BCUT2D eigenvalue weighted by Crippen LogP contribution is -2.63. The first kappa shape index (κ1) is 16.4. The molecule has 4 N–H and O–H groups in total. The van der Waals surface area contributed by atoms with Crippen molar-refractivity contribution in [3.05, 3.63) is 29.8 Å². The van der Waals surface area contributed by atoms with Gasteiger partial charge in [-0.25, -0.2) is 13.1 Å². The van der Waals surface area contributed by atoms with Gasteiger partial charge < -0.3 is 10.5 Å². The highest BCUT2D eigenvalue weighted by atomic mass is 32.2. The zero-order chi connectivity index (χ0) is 16.6. The van der Waals surface area contributed by atoms with E-state index in [9.17, 15) is 13.7 Å². The van der Waals surface area contributed by atoms with Crippen LogP contribution in [-0.4, -0.2) is 26.8 Å². The maximum atomic E-state index is 12.5. The summed E-state index contributed by atoms with van der Waals surface area (Å²) in [6, 6.07) is 8.92. The number of nitrogens with one attached hydrogen (secondary N) is 1. The number of benzene rings is 1. The standard InChI is InChI=1S/C16H21N3O3S/c1-10-2-5-12(6-3-10)23(20,21)19-11-4-7-15-13(8-11)14(9-17)16(18)22-15/h2-3,5-6,11,13-16,19H,4,7-8,18H2,1H3/p+1/t11-,13+,14+,15-,16-/m1/s1. The summed E-state index contributed by atoms with van der Waals surface area (Å²) in [5.41, 5.74) is 4.91. The minimum Gasteiger partial charge on any atom is -0.331 e. The van der Waals surface area contributed by atoms with Crippen LogP contribution >= 0.6 is 0 Å². The number of sulfonamides is 1. The van der Waals surface area contributed by atoms with E-state index in [1.54, 1.807) is 24.3 Å². The summed E-state index contributed by atoms with van der Waals surface area (Å²) in [7, 11) is -3.53. The number of rotatable bonds is 3. The first-order valence-corrected chi connectivity index (χ1v) is 9.36. The SMILES string of the molecule is Cc1ccc(S(=O)(=O)N[C@@H]2CC[C@H]3O[C@@H]([NH3+])[C@@H](C#N)[C@@H]3C2)cc1. The van der Waals surface area contributed by atoms with Crippen LogP contribution in [0.15, 0.2) is 29.2 Å². The van der Waals surface area contributed by atoms with E-state index < -0.39 is 10.0 Å². The fraction of sp³-hybridized carbons (Fsp3) is 0.562. The number of ether oxygens (including phenoxy) is 1. The molecule has 5 atom stereocenters. The van der Waals surface area contributed by atoms with Gasteiger partial charge in [0.1, 0.15) is 5.92 Å². The molecule has 0 amide bonds. The number of fused-ring (bicyclic) bond motifs is 1. The molecule has 0 radical (unpaired) electrons. The minimum atomic E-state index is -3.53. The third-order valence-corrected chi connectivity index (χ3v) is 6.38. The molecule has 124 valence electrons. The number of quaternary nitrogens is 1. The molecular formula is C16H22N3O3S+. The van der Waals surface area contributed by atoms with Crippen molar-refractivity contribution in [1.82, 2.24) is 4.72 Å². The molecule has 1 saturated heterocycles. The zero-order valence-corrected chi connectivity index (χ0v) is 13.9. The van der Waals surface area contributed by atoms with Crippen LogP contribution in [0.1, 0.15) is 24.8 Å². The molecule has 7 heteroatoms. The average molecular weight is 336 g/mol. The van der Waals surface area contributed by atoms with Gasteiger partial charge >= 0.3 is 0 Å². The maximum Gasteiger partial charge on any atom is 0.240 e. The molecule has 1 aliphatic carbocycles. The minimum absolute atomic E-state index is 0.0299. The molecule has 2 fully saturated rings. The van der Waals surface area contributed by atoms with Crippen LogP contribution in [0.5, 0.6) is 0 Å². The van der Waals surface area contributed by atoms with Crippen molar-refractivity contribution in [2.45, 2.75) is 49.5 Å². The predicted octanol–water partition coefficient (Wildman–Crippen LogP) is 0.549. The van der Waals surface area contributed by atoms with Crippen LogP contribution < -0.4 is 10.5 Å². The average Bonchev–Trinajstić information content (AvgIpc) is 2.82. The summed E-state index contributed by atoms with van der Waals surface area (Å²) in [5.74, 6) is -0.200. The van der Waals surface area contributed by atoms with Gasteiger partial charge in [0.2, 0.25) is 16.3 Å². The molecule has 1 aliphatic heterocycles. The summed E-state index contributed by atoms with van der Waals surface area (Å²) >= 11 is 0. The Bertz CT molecular complexity index is 711. The van der Waals surface area contributed by atoms with Gasteiger partial charge in [0.05, 0.1) is 17.1 Å². The van der Waals surface area contributed by atoms with Gasteiger partial charge in [-0.2, -0.15) is 5.26 Å². The molecule has 1 aromatic rings. The van der Waals surface area contributed by atoms with E-state index >= 15 is 0 Å². The molecule has 0 bridgehead atoms. The van der Waals surface area contributed by atoms with E-state index in [0.717, 1.165) is 18.4 Å². The van der Waals surface area contributed by atoms with Gasteiger partial charge in [0.15, 0.2) is 0 Å². The van der Waals surface area contributed by atoms with Crippen molar-refractivity contribution in [2.75, 3.05) is 0 Å². The second-order valence-electron chi connectivity index (χ2n) is 6.48. The number of hydrogen-bond donors (Lipinski definition) is 2. The maximum absolute atomic E-state index is 12.5. The fourth-order valence-corrected chi connectivity index (χ4v) is 4.88. The molecule has 0 aromatic heterocycles. The van der Waals surface area contributed by atoms with Gasteiger partial charge in [-0.1, -0.05) is 17.7 Å².